The second-order valence-electron chi connectivity index (χ2n) is 5.08. The highest BCUT2D eigenvalue weighted by atomic mass is 16.7. The molecule has 0 radical (unpaired) electrons. The lowest BCUT2D eigenvalue weighted by Crippen LogP contribution is -2.37. The van der Waals surface area contributed by atoms with Crippen molar-refractivity contribution in [1.82, 2.24) is 0 Å². The zero-order valence-electron chi connectivity index (χ0n) is 9.76. The van der Waals surface area contributed by atoms with Crippen LogP contribution in [0.25, 0.3) is 0 Å². The van der Waals surface area contributed by atoms with Crippen molar-refractivity contribution in [3.63, 3.8) is 0 Å². The average molecular weight is 202 g/mol. The van der Waals surface area contributed by atoms with Crippen LogP contribution in [0, 0.1) is 0 Å². The van der Waals surface area contributed by atoms with E-state index in [-0.39, 0.29) is 11.2 Å². The van der Waals surface area contributed by atoms with E-state index in [1.807, 2.05) is 0 Å². The van der Waals surface area contributed by atoms with Gasteiger partial charge in [-0.2, -0.15) is 0 Å². The Balaban J connectivity index is 2.22. The highest BCUT2D eigenvalue weighted by Gasteiger charge is 2.28. The third kappa shape index (κ3) is 4.40. The van der Waals surface area contributed by atoms with Gasteiger partial charge in [-0.3, -0.25) is 0 Å². The van der Waals surface area contributed by atoms with E-state index in [2.05, 4.69) is 27.7 Å². The zero-order valence-corrected chi connectivity index (χ0v) is 9.76. The van der Waals surface area contributed by atoms with Gasteiger partial charge in [0.1, 0.15) is 6.79 Å². The van der Waals surface area contributed by atoms with Crippen molar-refractivity contribution in [2.45, 2.75) is 51.7 Å². The third-order valence-electron chi connectivity index (χ3n) is 2.43. The van der Waals surface area contributed by atoms with Gasteiger partial charge in [0, 0.05) is 0 Å². The van der Waals surface area contributed by atoms with E-state index < -0.39 is 0 Å². The second-order valence-corrected chi connectivity index (χ2v) is 5.08. The Bertz CT molecular complexity index is 166. The van der Waals surface area contributed by atoms with Crippen molar-refractivity contribution < 1.29 is 14.2 Å². The summed E-state index contributed by atoms with van der Waals surface area (Å²) in [6.07, 6.45) is 1.90. The molecule has 0 aromatic heterocycles. The van der Waals surface area contributed by atoms with Crippen LogP contribution in [0.1, 0.15) is 40.5 Å². The zero-order chi connectivity index (χ0) is 10.7. The largest absolute Gasteiger partial charge is 0.376 e. The number of hydrogen-bond acceptors (Lipinski definition) is 3. The minimum Gasteiger partial charge on any atom is -0.376 e. The minimum absolute atomic E-state index is 0.0521. The molecule has 0 saturated carbocycles. The minimum atomic E-state index is -0.0540. The fraction of sp³-hybridized carbons (Fsp3) is 1.00. The maximum atomic E-state index is 5.68. The molecule has 1 rings (SSSR count). The SMILES string of the molecule is CC(C)(C)OCCC1(C)CCOCO1. The normalized spacial score (nSPS) is 29.1. The maximum Gasteiger partial charge on any atom is 0.147 e. The van der Waals surface area contributed by atoms with Crippen LogP contribution >= 0.6 is 0 Å². The highest BCUT2D eigenvalue weighted by molar-refractivity contribution is 4.76. The molecule has 0 amide bonds. The van der Waals surface area contributed by atoms with Crippen molar-refractivity contribution in [1.29, 1.82) is 0 Å². The molecule has 1 unspecified atom stereocenters. The Morgan fingerprint density at radius 1 is 1.36 bits per heavy atom. The van der Waals surface area contributed by atoms with Crippen molar-refractivity contribution >= 4 is 0 Å². The van der Waals surface area contributed by atoms with Crippen LogP contribution < -0.4 is 0 Å². The Morgan fingerprint density at radius 2 is 2.07 bits per heavy atom. The first-order chi connectivity index (χ1) is 6.41. The fourth-order valence-corrected chi connectivity index (χ4v) is 1.37. The molecule has 3 heteroatoms. The standard InChI is InChI=1S/C11H22O3/c1-10(2,3)13-8-6-11(4)5-7-12-9-14-11/h5-9H2,1-4H3. The molecule has 0 N–H and O–H groups in total. The van der Waals surface area contributed by atoms with E-state index in [1.54, 1.807) is 0 Å². The highest BCUT2D eigenvalue weighted by Crippen LogP contribution is 2.24. The Kier molecular flexibility index (Phi) is 3.93. The Labute approximate surface area is 86.7 Å². The summed E-state index contributed by atoms with van der Waals surface area (Å²) in [4.78, 5) is 0. The molecule has 0 aliphatic carbocycles. The van der Waals surface area contributed by atoms with Gasteiger partial charge in [0.15, 0.2) is 0 Å². The van der Waals surface area contributed by atoms with Crippen LogP contribution in [-0.4, -0.2) is 31.2 Å². The van der Waals surface area contributed by atoms with Gasteiger partial charge in [-0.1, -0.05) is 0 Å². The van der Waals surface area contributed by atoms with Crippen LogP contribution in [0.5, 0.6) is 0 Å². The predicted octanol–water partition coefficient (Wildman–Crippen LogP) is 2.34. The van der Waals surface area contributed by atoms with Gasteiger partial charge in [-0.05, 0) is 40.5 Å². The van der Waals surface area contributed by atoms with Gasteiger partial charge in [0.05, 0.1) is 24.4 Å². The van der Waals surface area contributed by atoms with Crippen molar-refractivity contribution in [3.8, 4) is 0 Å². The molecule has 14 heavy (non-hydrogen) atoms. The molecule has 0 aromatic rings. The van der Waals surface area contributed by atoms with E-state index in [0.717, 1.165) is 26.1 Å². The van der Waals surface area contributed by atoms with Gasteiger partial charge >= 0.3 is 0 Å². The van der Waals surface area contributed by atoms with Gasteiger partial charge in [-0.15, -0.1) is 0 Å². The predicted molar refractivity (Wildman–Crippen MR) is 55.2 cm³/mol. The first-order valence-electron chi connectivity index (χ1n) is 5.27. The molecule has 3 nitrogen and oxygen atoms in total. The lowest BCUT2D eigenvalue weighted by atomic mass is 9.98. The smallest absolute Gasteiger partial charge is 0.147 e. The van der Waals surface area contributed by atoms with Crippen molar-refractivity contribution in [2.75, 3.05) is 20.0 Å². The lowest BCUT2D eigenvalue weighted by molar-refractivity contribution is -0.195. The molecule has 1 heterocycles. The lowest BCUT2D eigenvalue weighted by Gasteiger charge is -2.34. The van der Waals surface area contributed by atoms with Crippen LogP contribution in [0.3, 0.4) is 0 Å². The second kappa shape index (κ2) is 4.60. The summed E-state index contributed by atoms with van der Waals surface area (Å²) in [6.45, 7) is 10.3. The van der Waals surface area contributed by atoms with E-state index in [4.69, 9.17) is 14.2 Å². The van der Waals surface area contributed by atoms with Gasteiger partial charge < -0.3 is 14.2 Å². The van der Waals surface area contributed by atoms with E-state index in [1.165, 1.54) is 0 Å². The summed E-state index contributed by atoms with van der Waals surface area (Å²) >= 11 is 0. The maximum absolute atomic E-state index is 5.68. The fourth-order valence-electron chi connectivity index (χ4n) is 1.37. The molecular formula is C11H22O3. The summed E-state index contributed by atoms with van der Waals surface area (Å²) in [5.41, 5.74) is -0.106. The molecule has 84 valence electrons. The summed E-state index contributed by atoms with van der Waals surface area (Å²) in [6, 6.07) is 0. The molecular weight excluding hydrogens is 180 g/mol. The summed E-state index contributed by atoms with van der Waals surface area (Å²) in [5.74, 6) is 0. The van der Waals surface area contributed by atoms with Crippen molar-refractivity contribution in [3.05, 3.63) is 0 Å². The van der Waals surface area contributed by atoms with E-state index in [0.29, 0.717) is 6.79 Å². The Hall–Kier alpha value is -0.120. The summed E-state index contributed by atoms with van der Waals surface area (Å²) in [5, 5.41) is 0. The number of rotatable bonds is 3. The Morgan fingerprint density at radius 3 is 2.57 bits per heavy atom. The summed E-state index contributed by atoms with van der Waals surface area (Å²) in [7, 11) is 0. The van der Waals surface area contributed by atoms with E-state index >= 15 is 0 Å². The third-order valence-corrected chi connectivity index (χ3v) is 2.43. The average Bonchev–Trinajstić information content (AvgIpc) is 2.02. The van der Waals surface area contributed by atoms with Crippen LogP contribution in [0.2, 0.25) is 0 Å². The quantitative estimate of drug-likeness (QED) is 0.703. The number of hydrogen-bond donors (Lipinski definition) is 0. The topological polar surface area (TPSA) is 27.7 Å². The molecule has 0 spiro atoms. The molecule has 1 atom stereocenters. The molecule has 1 fully saturated rings. The van der Waals surface area contributed by atoms with Gasteiger partial charge in [-0.25, -0.2) is 0 Å². The molecule has 1 aliphatic rings. The molecule has 0 bridgehead atoms. The van der Waals surface area contributed by atoms with Gasteiger partial charge in [0.2, 0.25) is 0 Å². The van der Waals surface area contributed by atoms with Crippen LogP contribution in [0.15, 0.2) is 0 Å². The van der Waals surface area contributed by atoms with Crippen LogP contribution in [-0.2, 0) is 14.2 Å². The first-order valence-corrected chi connectivity index (χ1v) is 5.27. The monoisotopic (exact) mass is 202 g/mol. The molecule has 1 aliphatic heterocycles. The molecule has 1 saturated heterocycles. The summed E-state index contributed by atoms with van der Waals surface area (Å²) < 4.78 is 16.4. The first kappa shape index (κ1) is 12.0. The van der Waals surface area contributed by atoms with Gasteiger partial charge in [0.25, 0.3) is 0 Å². The molecule has 0 aromatic carbocycles. The van der Waals surface area contributed by atoms with Crippen LogP contribution in [0.4, 0.5) is 0 Å². The van der Waals surface area contributed by atoms with Crippen molar-refractivity contribution in [2.24, 2.45) is 0 Å². The number of ether oxygens (including phenoxy) is 3. The van der Waals surface area contributed by atoms with E-state index in [9.17, 15) is 0 Å².